The lowest BCUT2D eigenvalue weighted by atomic mass is 9.87. The van der Waals surface area contributed by atoms with E-state index in [0.29, 0.717) is 66.7 Å². The third-order valence-corrected chi connectivity index (χ3v) is 13.4. The highest BCUT2D eigenvalue weighted by molar-refractivity contribution is 6.04. The molecule has 4 fully saturated rings. The zero-order chi connectivity index (χ0) is 43.9. The van der Waals surface area contributed by atoms with Crippen LogP contribution in [-0.4, -0.2) is 114 Å². The highest BCUT2D eigenvalue weighted by Crippen LogP contribution is 2.41. The van der Waals surface area contributed by atoms with Crippen LogP contribution in [0, 0.1) is 17.6 Å². The lowest BCUT2D eigenvalue weighted by Gasteiger charge is -2.43. The molecule has 62 heavy (non-hydrogen) atoms. The number of amides is 5. The van der Waals surface area contributed by atoms with Crippen molar-refractivity contribution in [3.8, 4) is 5.75 Å². The molecular formula is C44H53F2N9O7. The Morgan fingerprint density at radius 1 is 1.02 bits per heavy atom. The molecule has 4 N–H and O–H groups in total. The predicted octanol–water partition coefficient (Wildman–Crippen LogP) is 4.14. The molecule has 2 unspecified atom stereocenters. The number of hydrogen-bond acceptors (Lipinski definition) is 12. The summed E-state index contributed by atoms with van der Waals surface area (Å²) in [5.74, 6) is -3.60. The average Bonchev–Trinajstić information content (AvgIpc) is 3.99. The zero-order valence-corrected chi connectivity index (χ0v) is 35.2. The van der Waals surface area contributed by atoms with E-state index < -0.39 is 46.7 Å². The number of fused-ring (bicyclic) bond motifs is 1. The number of imide groups is 1. The van der Waals surface area contributed by atoms with Gasteiger partial charge in [-0.3, -0.25) is 29.3 Å². The van der Waals surface area contributed by atoms with E-state index in [1.54, 1.807) is 46.1 Å². The first-order valence-corrected chi connectivity index (χ1v) is 21.5. The van der Waals surface area contributed by atoms with Crippen LogP contribution in [0.5, 0.6) is 5.75 Å². The van der Waals surface area contributed by atoms with Gasteiger partial charge in [0.25, 0.3) is 5.91 Å². The Hall–Kier alpha value is -5.91. The second-order valence-electron chi connectivity index (χ2n) is 17.1. The molecule has 3 saturated heterocycles. The number of aromatic nitrogens is 2. The van der Waals surface area contributed by atoms with E-state index >= 15 is 8.78 Å². The molecule has 5 aliphatic rings. The smallest absolute Gasteiger partial charge is 0.251 e. The molecule has 0 spiro atoms. The highest BCUT2D eigenvalue weighted by atomic mass is 19.1. The molecule has 0 bridgehead atoms. The van der Waals surface area contributed by atoms with Gasteiger partial charge in [-0.2, -0.15) is 4.98 Å². The second-order valence-corrected chi connectivity index (χ2v) is 17.1. The van der Waals surface area contributed by atoms with Crippen molar-refractivity contribution in [1.82, 2.24) is 25.5 Å². The molecule has 330 valence electrons. The Morgan fingerprint density at radius 2 is 1.74 bits per heavy atom. The van der Waals surface area contributed by atoms with E-state index in [0.717, 1.165) is 25.7 Å². The van der Waals surface area contributed by atoms with Crippen LogP contribution in [0.15, 0.2) is 36.5 Å². The number of ether oxygens (including phenoxy) is 1. The first-order chi connectivity index (χ1) is 29.8. The van der Waals surface area contributed by atoms with Gasteiger partial charge in [0, 0.05) is 62.5 Å². The largest absolute Gasteiger partial charge is 0.495 e. The van der Waals surface area contributed by atoms with Gasteiger partial charge in [-0.1, -0.05) is 19.8 Å². The number of anilines is 5. The number of halogens is 2. The van der Waals surface area contributed by atoms with Gasteiger partial charge >= 0.3 is 0 Å². The van der Waals surface area contributed by atoms with Crippen molar-refractivity contribution >= 4 is 58.4 Å². The van der Waals surface area contributed by atoms with Crippen LogP contribution >= 0.6 is 0 Å². The number of nitrogens with one attached hydrogen (secondary N) is 3. The van der Waals surface area contributed by atoms with Crippen molar-refractivity contribution < 1.29 is 42.6 Å². The predicted molar refractivity (Wildman–Crippen MR) is 225 cm³/mol. The number of piperidine rings is 2. The van der Waals surface area contributed by atoms with Gasteiger partial charge in [0.1, 0.15) is 29.1 Å². The zero-order valence-electron chi connectivity index (χ0n) is 35.2. The van der Waals surface area contributed by atoms with E-state index in [-0.39, 0.29) is 74.2 Å². The first kappa shape index (κ1) is 42.8. The molecule has 18 heteroatoms. The molecule has 1 aliphatic carbocycles. The Kier molecular flexibility index (Phi) is 12.0. The van der Waals surface area contributed by atoms with Gasteiger partial charge in [-0.25, -0.2) is 13.8 Å². The molecule has 16 nitrogen and oxygen atoms in total. The third kappa shape index (κ3) is 8.11. The molecule has 5 heterocycles. The number of hydrogen-bond donors (Lipinski definition) is 4. The van der Waals surface area contributed by atoms with E-state index in [4.69, 9.17) is 9.72 Å². The standard InChI is InChI=1S/C44H53F2N9O7/c1-4-33-42(61)52(2)34-22-47-43(50-38(34)55(33)27-7-5-6-8-27)48-32-11-9-25(19-35(32)62-3)39(58)51-44(24-56)14-17-53(18-15-44)41(60)26-13-16-54(23-26)28-20-30(45)37(31(46)21-28)29-10-12-36(57)49-40(29)59/h9,11,19-22,26-27,29,33,56H,4-8,10,12-18,23-24H2,1-3H3,(H,51,58)(H,47,48,50)(H,49,57,59)/t26-,29?,33?/m1/s1. The molecule has 1 aromatic heterocycles. The number of aliphatic hydroxyl groups is 1. The molecule has 4 aliphatic heterocycles. The summed E-state index contributed by atoms with van der Waals surface area (Å²) >= 11 is 0. The number of likely N-dealkylation sites (tertiary alicyclic amines) is 1. The Morgan fingerprint density at radius 3 is 2.40 bits per heavy atom. The van der Waals surface area contributed by atoms with Crippen LogP contribution in [0.4, 0.5) is 37.6 Å². The summed E-state index contributed by atoms with van der Waals surface area (Å²) in [6, 6.07) is 7.18. The van der Waals surface area contributed by atoms with Crippen LogP contribution in [0.25, 0.3) is 0 Å². The minimum absolute atomic E-state index is 0.00569. The second kappa shape index (κ2) is 17.5. The van der Waals surface area contributed by atoms with E-state index in [1.165, 1.54) is 19.2 Å². The first-order valence-electron chi connectivity index (χ1n) is 21.5. The fraction of sp³-hybridized carbons (Fsp3) is 0.523. The van der Waals surface area contributed by atoms with Gasteiger partial charge in [0.15, 0.2) is 5.82 Å². The minimum Gasteiger partial charge on any atom is -0.495 e. The summed E-state index contributed by atoms with van der Waals surface area (Å²) in [7, 11) is 3.24. The van der Waals surface area contributed by atoms with Gasteiger partial charge < -0.3 is 40.1 Å². The normalized spacial score (nSPS) is 22.7. The number of benzene rings is 2. The average molecular weight is 858 g/mol. The lowest BCUT2D eigenvalue weighted by Crippen LogP contribution is -2.58. The van der Waals surface area contributed by atoms with Crippen molar-refractivity contribution in [2.24, 2.45) is 5.92 Å². The summed E-state index contributed by atoms with van der Waals surface area (Å²) in [6.07, 6.45) is 7.59. The Bertz CT molecular complexity index is 2240. The van der Waals surface area contributed by atoms with E-state index in [9.17, 15) is 29.1 Å². The summed E-state index contributed by atoms with van der Waals surface area (Å²) < 4.78 is 36.2. The van der Waals surface area contributed by atoms with Crippen molar-refractivity contribution in [2.75, 3.05) is 67.0 Å². The topological polar surface area (TPSA) is 190 Å². The highest BCUT2D eigenvalue weighted by Gasteiger charge is 2.43. The summed E-state index contributed by atoms with van der Waals surface area (Å²) in [4.78, 5) is 81.2. The molecule has 5 amide bonds. The molecule has 3 aromatic rings. The van der Waals surface area contributed by atoms with Gasteiger partial charge in [-0.05, 0) is 75.3 Å². The molecule has 0 radical (unpaired) electrons. The van der Waals surface area contributed by atoms with Crippen LogP contribution in [0.2, 0.25) is 0 Å². The maximum absolute atomic E-state index is 15.3. The minimum atomic E-state index is -1.10. The Labute approximate surface area is 358 Å². The quantitative estimate of drug-likeness (QED) is 0.202. The van der Waals surface area contributed by atoms with Crippen molar-refractivity contribution in [1.29, 1.82) is 0 Å². The maximum atomic E-state index is 15.3. The van der Waals surface area contributed by atoms with Crippen LogP contribution in [0.3, 0.4) is 0 Å². The van der Waals surface area contributed by atoms with Gasteiger partial charge in [0.05, 0.1) is 43.0 Å². The molecule has 3 atom stereocenters. The summed E-state index contributed by atoms with van der Waals surface area (Å²) in [6.45, 7) is 2.89. The van der Waals surface area contributed by atoms with Gasteiger partial charge in [0.2, 0.25) is 29.6 Å². The molecular weight excluding hydrogens is 805 g/mol. The fourth-order valence-corrected chi connectivity index (χ4v) is 9.80. The maximum Gasteiger partial charge on any atom is 0.251 e. The number of nitrogens with zero attached hydrogens (tertiary/aromatic N) is 6. The number of methoxy groups -OCH3 is 1. The SMILES string of the molecule is CCC1C(=O)N(C)c2cnc(Nc3ccc(C(=O)NC4(CO)CCN(C(=O)[C@@H]5CCN(c6cc(F)c(C7CCC(=O)NC7=O)c(F)c6)C5)CC4)cc3OC)nc2N1C1CCCC1. The summed E-state index contributed by atoms with van der Waals surface area (Å²) in [5, 5.41) is 18.9. The number of carbonyl (C=O) groups excluding carboxylic acids is 5. The van der Waals surface area contributed by atoms with Crippen LogP contribution in [0.1, 0.15) is 93.0 Å². The number of likely N-dealkylation sites (N-methyl/N-ethyl adjacent to an activating group) is 1. The molecule has 8 rings (SSSR count). The van der Waals surface area contributed by atoms with E-state index in [1.807, 2.05) is 6.92 Å². The molecule has 1 saturated carbocycles. The lowest BCUT2D eigenvalue weighted by molar-refractivity contribution is -0.137. The van der Waals surface area contributed by atoms with Crippen molar-refractivity contribution in [2.45, 2.75) is 94.7 Å². The molecule has 2 aromatic carbocycles. The third-order valence-electron chi connectivity index (χ3n) is 13.4. The van der Waals surface area contributed by atoms with Crippen molar-refractivity contribution in [3.05, 3.63) is 59.3 Å². The van der Waals surface area contributed by atoms with Gasteiger partial charge in [-0.15, -0.1) is 0 Å². The number of carbonyl (C=O) groups is 5. The Balaban J connectivity index is 0.886. The van der Waals surface area contributed by atoms with Crippen LogP contribution < -0.4 is 35.4 Å². The number of rotatable bonds is 11. The fourth-order valence-electron chi connectivity index (χ4n) is 9.80. The summed E-state index contributed by atoms with van der Waals surface area (Å²) in [5.41, 5.74) is 0.393. The number of aliphatic hydroxyl groups excluding tert-OH is 1. The van der Waals surface area contributed by atoms with Crippen molar-refractivity contribution in [3.63, 3.8) is 0 Å². The monoisotopic (exact) mass is 857 g/mol. The van der Waals surface area contributed by atoms with E-state index in [2.05, 4.69) is 25.8 Å². The van der Waals surface area contributed by atoms with Crippen LogP contribution in [-0.2, 0) is 19.2 Å².